The van der Waals surface area contributed by atoms with Crippen molar-refractivity contribution in [3.63, 3.8) is 0 Å². The van der Waals surface area contributed by atoms with Crippen LogP contribution in [0.4, 0.5) is 0 Å². The van der Waals surface area contributed by atoms with Crippen molar-refractivity contribution in [2.24, 2.45) is 5.92 Å². The Hall–Kier alpha value is -2.89. The average molecular weight is 399 g/mol. The van der Waals surface area contributed by atoms with E-state index in [-0.39, 0.29) is 24.3 Å². The lowest BCUT2D eigenvalue weighted by atomic mass is 10.0. The van der Waals surface area contributed by atoms with Gasteiger partial charge < -0.3 is 15.0 Å². The van der Waals surface area contributed by atoms with Crippen molar-refractivity contribution in [3.05, 3.63) is 54.6 Å². The summed E-state index contributed by atoms with van der Waals surface area (Å²) in [6.07, 6.45) is 6.43. The van der Waals surface area contributed by atoms with Gasteiger partial charge in [-0.05, 0) is 36.8 Å². The minimum Gasteiger partial charge on any atom is -0.460 e. The van der Waals surface area contributed by atoms with Gasteiger partial charge in [-0.15, -0.1) is 0 Å². The highest BCUT2D eigenvalue weighted by molar-refractivity contribution is 5.96. The van der Waals surface area contributed by atoms with Crippen molar-refractivity contribution < 1.29 is 19.1 Å². The average Bonchev–Trinajstić information content (AvgIpc) is 3.20. The van der Waals surface area contributed by atoms with E-state index in [0.29, 0.717) is 19.4 Å². The fourth-order valence-electron chi connectivity index (χ4n) is 3.36. The highest BCUT2D eigenvalue weighted by Gasteiger charge is 2.38. The summed E-state index contributed by atoms with van der Waals surface area (Å²) in [7, 11) is 0. The van der Waals surface area contributed by atoms with Crippen molar-refractivity contribution in [2.75, 3.05) is 13.2 Å². The molecule has 2 amide bonds. The molecule has 1 aliphatic rings. The first-order chi connectivity index (χ1) is 13.9. The molecule has 1 N–H and O–H groups in total. The molecular formula is C23H30N2O4. The molecule has 156 valence electrons. The van der Waals surface area contributed by atoms with Gasteiger partial charge in [-0.3, -0.25) is 9.59 Å². The van der Waals surface area contributed by atoms with Crippen molar-refractivity contribution >= 4 is 23.9 Å². The van der Waals surface area contributed by atoms with Gasteiger partial charge in [0.15, 0.2) is 0 Å². The molecule has 1 saturated heterocycles. The van der Waals surface area contributed by atoms with Crippen molar-refractivity contribution in [3.8, 4) is 0 Å². The van der Waals surface area contributed by atoms with Gasteiger partial charge in [-0.25, -0.2) is 4.79 Å². The van der Waals surface area contributed by atoms with Gasteiger partial charge in [0, 0.05) is 12.6 Å². The maximum atomic E-state index is 13.1. The third-order valence-corrected chi connectivity index (χ3v) is 4.70. The molecule has 0 aromatic heterocycles. The molecule has 0 unspecified atom stereocenters. The van der Waals surface area contributed by atoms with E-state index >= 15 is 0 Å². The first-order valence-corrected chi connectivity index (χ1v) is 10.0. The van der Waals surface area contributed by atoms with Gasteiger partial charge in [0.1, 0.15) is 18.7 Å². The van der Waals surface area contributed by atoms with Crippen LogP contribution in [0.25, 0.3) is 6.08 Å². The molecule has 1 aromatic rings. The fourth-order valence-corrected chi connectivity index (χ4v) is 3.36. The van der Waals surface area contributed by atoms with Crippen LogP contribution >= 0.6 is 0 Å². The van der Waals surface area contributed by atoms with Crippen LogP contribution in [0.2, 0.25) is 0 Å². The number of hydrogen-bond donors (Lipinski definition) is 1. The molecule has 6 nitrogen and oxygen atoms in total. The first kappa shape index (κ1) is 22.4. The van der Waals surface area contributed by atoms with E-state index in [1.165, 1.54) is 12.2 Å². The summed E-state index contributed by atoms with van der Waals surface area (Å²) in [6, 6.07) is 8.18. The summed E-state index contributed by atoms with van der Waals surface area (Å²) in [5.41, 5.74) is 0.902. The van der Waals surface area contributed by atoms with Gasteiger partial charge in [0.2, 0.25) is 11.8 Å². The van der Waals surface area contributed by atoms with Gasteiger partial charge in [0.05, 0.1) is 0 Å². The second kappa shape index (κ2) is 11.2. The molecule has 1 heterocycles. The number of nitrogens with one attached hydrogen (secondary N) is 1. The Morgan fingerprint density at radius 2 is 2.00 bits per heavy atom. The smallest absolute Gasteiger partial charge is 0.329 e. The van der Waals surface area contributed by atoms with Crippen LogP contribution in [-0.4, -0.2) is 47.9 Å². The van der Waals surface area contributed by atoms with E-state index in [0.717, 1.165) is 12.0 Å². The number of nitrogens with zero attached hydrogens (tertiary/aromatic N) is 1. The topological polar surface area (TPSA) is 75.7 Å². The van der Waals surface area contributed by atoms with Gasteiger partial charge in [-0.1, -0.05) is 56.8 Å². The SMILES string of the molecule is C=CCOC(=O)[C@@H]1CCCN1C(=O)[C@H](CC(C)C)NC(=O)/C=C/c1ccccc1. The second-order valence-corrected chi connectivity index (χ2v) is 7.54. The lowest BCUT2D eigenvalue weighted by molar-refractivity contribution is -0.153. The molecule has 1 fully saturated rings. The highest BCUT2D eigenvalue weighted by Crippen LogP contribution is 2.21. The number of carbonyl (C=O) groups excluding carboxylic acids is 3. The summed E-state index contributed by atoms with van der Waals surface area (Å²) in [4.78, 5) is 39.4. The van der Waals surface area contributed by atoms with Crippen LogP contribution in [-0.2, 0) is 19.1 Å². The summed E-state index contributed by atoms with van der Waals surface area (Å²) < 4.78 is 5.14. The third kappa shape index (κ3) is 6.89. The van der Waals surface area contributed by atoms with Crippen LogP contribution in [0.15, 0.2) is 49.1 Å². The Kier molecular flexibility index (Phi) is 8.65. The molecular weight excluding hydrogens is 368 g/mol. The number of esters is 1. The Balaban J connectivity index is 2.06. The number of hydrogen-bond acceptors (Lipinski definition) is 4. The van der Waals surface area contributed by atoms with Crippen LogP contribution in [0.5, 0.6) is 0 Å². The molecule has 0 bridgehead atoms. The van der Waals surface area contributed by atoms with Crippen LogP contribution in [0, 0.1) is 5.92 Å². The van der Waals surface area contributed by atoms with Gasteiger partial charge in [0.25, 0.3) is 0 Å². The molecule has 0 aliphatic carbocycles. The molecule has 1 aliphatic heterocycles. The summed E-state index contributed by atoms with van der Waals surface area (Å²) in [5.74, 6) is -0.790. The Morgan fingerprint density at radius 1 is 1.28 bits per heavy atom. The lowest BCUT2D eigenvalue weighted by Crippen LogP contribution is -2.52. The van der Waals surface area contributed by atoms with Crippen molar-refractivity contribution in [2.45, 2.75) is 45.2 Å². The zero-order valence-electron chi connectivity index (χ0n) is 17.2. The minimum absolute atomic E-state index is 0.119. The first-order valence-electron chi connectivity index (χ1n) is 10.0. The maximum Gasteiger partial charge on any atom is 0.329 e. The largest absolute Gasteiger partial charge is 0.460 e. The van der Waals surface area contributed by atoms with Crippen LogP contribution in [0.1, 0.15) is 38.7 Å². The predicted octanol–water partition coefficient (Wildman–Crippen LogP) is 2.95. The Labute approximate surface area is 172 Å². The maximum absolute atomic E-state index is 13.1. The summed E-state index contributed by atoms with van der Waals surface area (Å²) in [5, 5.41) is 2.81. The molecule has 0 saturated carbocycles. The Bertz CT molecular complexity index is 743. The second-order valence-electron chi connectivity index (χ2n) is 7.54. The van der Waals surface area contributed by atoms with Crippen LogP contribution in [0.3, 0.4) is 0 Å². The van der Waals surface area contributed by atoms with E-state index < -0.39 is 18.1 Å². The van der Waals surface area contributed by atoms with E-state index in [1.54, 1.807) is 11.0 Å². The van der Waals surface area contributed by atoms with Crippen molar-refractivity contribution in [1.82, 2.24) is 10.2 Å². The third-order valence-electron chi connectivity index (χ3n) is 4.70. The van der Waals surface area contributed by atoms with Gasteiger partial charge in [-0.2, -0.15) is 0 Å². The molecule has 29 heavy (non-hydrogen) atoms. The van der Waals surface area contributed by atoms with Crippen molar-refractivity contribution in [1.29, 1.82) is 0 Å². The Morgan fingerprint density at radius 3 is 2.66 bits per heavy atom. The fraction of sp³-hybridized carbons (Fsp3) is 0.435. The normalized spacial score (nSPS) is 17.3. The van der Waals surface area contributed by atoms with Crippen LogP contribution < -0.4 is 5.32 Å². The summed E-state index contributed by atoms with van der Waals surface area (Å²) in [6.45, 7) is 8.12. The number of benzene rings is 1. The number of likely N-dealkylation sites (tertiary alicyclic amines) is 1. The number of amides is 2. The van der Waals surface area contributed by atoms with E-state index in [4.69, 9.17) is 4.74 Å². The standard InChI is InChI=1S/C23H30N2O4/c1-4-15-29-23(28)20-11-8-14-25(20)22(27)19(16-17(2)3)24-21(26)13-12-18-9-6-5-7-10-18/h4-7,9-10,12-13,17,19-20H,1,8,11,14-16H2,2-3H3,(H,24,26)/b13-12+/t19-,20-/m0/s1. The molecule has 0 spiro atoms. The molecule has 6 heteroatoms. The zero-order valence-corrected chi connectivity index (χ0v) is 17.2. The van der Waals surface area contributed by atoms with E-state index in [9.17, 15) is 14.4 Å². The highest BCUT2D eigenvalue weighted by atomic mass is 16.5. The molecule has 1 aromatic carbocycles. The molecule has 2 rings (SSSR count). The quantitative estimate of drug-likeness (QED) is 0.394. The zero-order chi connectivity index (χ0) is 21.2. The monoisotopic (exact) mass is 398 g/mol. The number of ether oxygens (including phenoxy) is 1. The molecule has 2 atom stereocenters. The number of carbonyl (C=O) groups is 3. The predicted molar refractivity (Wildman–Crippen MR) is 113 cm³/mol. The van der Waals surface area contributed by atoms with Gasteiger partial charge >= 0.3 is 5.97 Å². The van der Waals surface area contributed by atoms with E-state index in [1.807, 2.05) is 44.2 Å². The minimum atomic E-state index is -0.685. The number of rotatable bonds is 9. The summed E-state index contributed by atoms with van der Waals surface area (Å²) >= 11 is 0. The lowest BCUT2D eigenvalue weighted by Gasteiger charge is -2.28. The van der Waals surface area contributed by atoms with E-state index in [2.05, 4.69) is 11.9 Å². The molecule has 0 radical (unpaired) electrons.